The summed E-state index contributed by atoms with van der Waals surface area (Å²) in [6.45, 7) is 13.2. The van der Waals surface area contributed by atoms with Crippen LogP contribution in [0.15, 0.2) is 41.9 Å². The van der Waals surface area contributed by atoms with E-state index in [0.717, 1.165) is 5.56 Å². The predicted octanol–water partition coefficient (Wildman–Crippen LogP) is 4.10. The van der Waals surface area contributed by atoms with E-state index in [1.165, 1.54) is 9.80 Å². The van der Waals surface area contributed by atoms with Crippen molar-refractivity contribution in [2.24, 2.45) is 0 Å². The third-order valence-electron chi connectivity index (χ3n) is 3.60. The molecule has 0 radical (unpaired) electrons. The van der Waals surface area contributed by atoms with Crippen LogP contribution in [-0.2, 0) is 16.0 Å². The van der Waals surface area contributed by atoms with Crippen LogP contribution in [0.2, 0.25) is 0 Å². The molecule has 0 aromatic heterocycles. The van der Waals surface area contributed by atoms with Crippen LogP contribution in [0.1, 0.15) is 40.2 Å². The third-order valence-corrected chi connectivity index (χ3v) is 3.84. The molecule has 0 bridgehead atoms. The van der Waals surface area contributed by atoms with Crippen LogP contribution in [0.3, 0.4) is 0 Å². The second-order valence-electron chi connectivity index (χ2n) is 7.39. The van der Waals surface area contributed by atoms with Crippen molar-refractivity contribution >= 4 is 24.6 Å². The van der Waals surface area contributed by atoms with Gasteiger partial charge in [0.05, 0.1) is 5.03 Å². The number of thiol groups is 1. The minimum Gasteiger partial charge on any atom is -0.459 e. The van der Waals surface area contributed by atoms with Crippen molar-refractivity contribution in [2.45, 2.75) is 52.7 Å². The Morgan fingerprint density at radius 3 is 2.23 bits per heavy atom. The summed E-state index contributed by atoms with van der Waals surface area (Å²) in [5.41, 5.74) is 0.520. The Labute approximate surface area is 162 Å². The molecule has 0 heterocycles. The van der Waals surface area contributed by atoms with Crippen molar-refractivity contribution < 1.29 is 14.3 Å². The van der Waals surface area contributed by atoms with Crippen molar-refractivity contribution in [3.63, 3.8) is 0 Å². The maximum Gasteiger partial charge on any atom is 0.326 e. The van der Waals surface area contributed by atoms with Crippen molar-refractivity contribution in [3.05, 3.63) is 47.5 Å². The quantitative estimate of drug-likeness (QED) is 0.574. The molecule has 26 heavy (non-hydrogen) atoms. The zero-order valence-electron chi connectivity index (χ0n) is 16.4. The number of hydrogen-bond donors (Lipinski definition) is 1. The van der Waals surface area contributed by atoms with Gasteiger partial charge in [0.2, 0.25) is 0 Å². The Morgan fingerprint density at radius 2 is 1.77 bits per heavy atom. The van der Waals surface area contributed by atoms with Gasteiger partial charge in [-0.15, -0.1) is 12.6 Å². The number of ether oxygens (including phenoxy) is 1. The van der Waals surface area contributed by atoms with Crippen molar-refractivity contribution in [1.82, 2.24) is 9.80 Å². The van der Waals surface area contributed by atoms with Crippen LogP contribution >= 0.6 is 12.6 Å². The van der Waals surface area contributed by atoms with Crippen LogP contribution in [0, 0.1) is 0 Å². The maximum absolute atomic E-state index is 13.0. The molecule has 0 spiro atoms. The Hall–Kier alpha value is -1.95. The lowest BCUT2D eigenvalue weighted by Crippen LogP contribution is -2.49. The lowest BCUT2D eigenvalue weighted by molar-refractivity contribution is -0.155. The van der Waals surface area contributed by atoms with Crippen LogP contribution in [-0.4, -0.2) is 46.5 Å². The molecule has 0 saturated heterocycles. The molecule has 1 aromatic rings. The summed E-state index contributed by atoms with van der Waals surface area (Å²) in [6, 6.07) is 9.41. The average Bonchev–Trinajstić information content (AvgIpc) is 2.51. The van der Waals surface area contributed by atoms with Crippen molar-refractivity contribution in [3.8, 4) is 0 Å². The molecule has 2 amide bonds. The van der Waals surface area contributed by atoms with Crippen molar-refractivity contribution in [2.75, 3.05) is 13.1 Å². The highest BCUT2D eigenvalue weighted by Crippen LogP contribution is 2.15. The fraction of sp³-hybridized carbons (Fsp3) is 0.500. The molecule has 6 heteroatoms. The first-order chi connectivity index (χ1) is 12.0. The Bertz CT molecular complexity index is 624. The second kappa shape index (κ2) is 9.67. The number of carbonyl (C=O) groups is 2. The molecule has 0 N–H and O–H groups in total. The highest BCUT2D eigenvalue weighted by Gasteiger charge is 2.28. The largest absolute Gasteiger partial charge is 0.459 e. The molecule has 1 rings (SSSR count). The van der Waals surface area contributed by atoms with Gasteiger partial charge >= 0.3 is 12.0 Å². The van der Waals surface area contributed by atoms with Crippen molar-refractivity contribution in [1.29, 1.82) is 0 Å². The number of hydrogen-bond acceptors (Lipinski definition) is 4. The van der Waals surface area contributed by atoms with Crippen LogP contribution in [0.25, 0.3) is 0 Å². The average molecular weight is 379 g/mol. The van der Waals surface area contributed by atoms with Gasteiger partial charge in [-0.2, -0.15) is 0 Å². The van der Waals surface area contributed by atoms with Crippen LogP contribution in [0.4, 0.5) is 4.79 Å². The zero-order valence-corrected chi connectivity index (χ0v) is 17.3. The summed E-state index contributed by atoms with van der Waals surface area (Å²) in [5, 5.41) is 0.348. The van der Waals surface area contributed by atoms with Crippen LogP contribution in [0.5, 0.6) is 0 Å². The van der Waals surface area contributed by atoms with Gasteiger partial charge in [0, 0.05) is 12.6 Å². The molecular formula is C20H30N2O3S. The number of urea groups is 1. The molecule has 0 aliphatic rings. The van der Waals surface area contributed by atoms with Gasteiger partial charge in [-0.05, 0) is 46.6 Å². The highest BCUT2D eigenvalue weighted by molar-refractivity contribution is 7.84. The van der Waals surface area contributed by atoms with Gasteiger partial charge in [-0.1, -0.05) is 36.9 Å². The summed E-state index contributed by atoms with van der Waals surface area (Å²) in [4.78, 5) is 28.1. The van der Waals surface area contributed by atoms with Gasteiger partial charge in [0.25, 0.3) is 0 Å². The fourth-order valence-electron chi connectivity index (χ4n) is 2.36. The molecule has 0 saturated carbocycles. The number of amides is 2. The number of nitrogens with zero attached hydrogens (tertiary/aromatic N) is 2. The first-order valence-corrected chi connectivity index (χ1v) is 9.17. The van der Waals surface area contributed by atoms with Gasteiger partial charge < -0.3 is 9.64 Å². The third kappa shape index (κ3) is 7.52. The molecule has 5 nitrogen and oxygen atoms in total. The number of benzene rings is 1. The second-order valence-corrected chi connectivity index (χ2v) is 7.91. The fourth-order valence-corrected chi connectivity index (χ4v) is 2.55. The van der Waals surface area contributed by atoms with Crippen LogP contribution < -0.4 is 0 Å². The summed E-state index contributed by atoms with van der Waals surface area (Å²) < 4.78 is 5.35. The summed E-state index contributed by atoms with van der Waals surface area (Å²) in [5.74, 6) is -0.438. The minimum atomic E-state index is -0.594. The smallest absolute Gasteiger partial charge is 0.326 e. The first-order valence-electron chi connectivity index (χ1n) is 8.73. The topological polar surface area (TPSA) is 49.9 Å². The molecule has 0 fully saturated rings. The highest BCUT2D eigenvalue weighted by atomic mass is 32.1. The lowest BCUT2D eigenvalue weighted by atomic mass is 10.1. The molecule has 0 aliphatic heterocycles. The van der Waals surface area contributed by atoms with Gasteiger partial charge in [0.1, 0.15) is 12.1 Å². The Morgan fingerprint density at radius 1 is 1.19 bits per heavy atom. The normalized spacial score (nSPS) is 11.2. The van der Waals surface area contributed by atoms with E-state index in [1.54, 1.807) is 20.8 Å². The molecule has 144 valence electrons. The first kappa shape index (κ1) is 22.1. The minimum absolute atomic E-state index is 0.114. The Balaban J connectivity index is 2.84. The molecule has 1 aromatic carbocycles. The Kier molecular flexibility index (Phi) is 8.21. The van der Waals surface area contributed by atoms with E-state index in [9.17, 15) is 9.59 Å². The van der Waals surface area contributed by atoms with E-state index >= 15 is 0 Å². The molecule has 0 aliphatic carbocycles. The van der Waals surface area contributed by atoms with Gasteiger partial charge in [0.15, 0.2) is 0 Å². The van der Waals surface area contributed by atoms with Gasteiger partial charge in [-0.3, -0.25) is 9.69 Å². The van der Waals surface area contributed by atoms with E-state index in [-0.39, 0.29) is 18.6 Å². The summed E-state index contributed by atoms with van der Waals surface area (Å²) in [6.07, 6.45) is 0.671. The van der Waals surface area contributed by atoms with E-state index in [4.69, 9.17) is 4.74 Å². The zero-order chi connectivity index (χ0) is 19.9. The molecule has 0 unspecified atom stereocenters. The summed E-state index contributed by atoms with van der Waals surface area (Å²) >= 11 is 4.27. The SMILES string of the molecule is C=C(S)N(CCc1ccccc1)C(=O)N(CC(=O)OC(C)(C)C)C(C)C. The number of esters is 1. The molecular weight excluding hydrogens is 348 g/mol. The maximum atomic E-state index is 13.0. The lowest BCUT2D eigenvalue weighted by Gasteiger charge is -2.33. The van der Waals surface area contributed by atoms with E-state index < -0.39 is 11.6 Å². The van der Waals surface area contributed by atoms with E-state index in [0.29, 0.717) is 18.0 Å². The van der Waals surface area contributed by atoms with Gasteiger partial charge in [-0.25, -0.2) is 4.79 Å². The summed E-state index contributed by atoms with van der Waals surface area (Å²) in [7, 11) is 0. The number of rotatable bonds is 7. The predicted molar refractivity (Wildman–Crippen MR) is 108 cm³/mol. The van der Waals surface area contributed by atoms with E-state index in [1.807, 2.05) is 44.2 Å². The monoisotopic (exact) mass is 378 g/mol. The molecule has 0 atom stereocenters. The number of carbonyl (C=O) groups excluding carboxylic acids is 2. The standard InChI is InChI=1S/C20H30N2O3S/c1-15(2)22(14-18(23)25-20(4,5)6)19(24)21(16(3)26)13-12-17-10-8-7-9-11-17/h7-11,15,26H,3,12-14H2,1-2,4-6H3. The van der Waals surface area contributed by atoms with E-state index in [2.05, 4.69) is 19.2 Å².